The first-order valence-electron chi connectivity index (χ1n) is 2.99. The highest BCUT2D eigenvalue weighted by molar-refractivity contribution is 9.11. The first kappa shape index (κ1) is 11.1. The van der Waals surface area contributed by atoms with Gasteiger partial charge in [0.2, 0.25) is 10.0 Å². The van der Waals surface area contributed by atoms with Gasteiger partial charge in [0.15, 0.2) is 0 Å². The Morgan fingerprint density at radius 1 is 1.31 bits per heavy atom. The van der Waals surface area contributed by atoms with Gasteiger partial charge >= 0.3 is 0 Å². The molecular weight excluding hydrogens is 329 g/mol. The van der Waals surface area contributed by atoms with E-state index in [-0.39, 0.29) is 9.37 Å². The lowest BCUT2D eigenvalue weighted by atomic mass is 10.3. The molecule has 0 bridgehead atoms. The standard InChI is InChI=1S/C6H4Br2FNO2S/c7-3-1-4(9)6(8)5(2-3)13(10,11)12/h1-2H,(H2,10,11,12). The summed E-state index contributed by atoms with van der Waals surface area (Å²) in [7, 11) is -3.90. The summed E-state index contributed by atoms with van der Waals surface area (Å²) in [6, 6.07) is 2.36. The maximum Gasteiger partial charge on any atom is 0.239 e. The van der Waals surface area contributed by atoms with Gasteiger partial charge in [0.1, 0.15) is 10.7 Å². The van der Waals surface area contributed by atoms with Crippen LogP contribution in [0.4, 0.5) is 4.39 Å². The van der Waals surface area contributed by atoms with Crippen molar-refractivity contribution in [2.24, 2.45) is 5.14 Å². The van der Waals surface area contributed by atoms with Gasteiger partial charge in [-0.3, -0.25) is 0 Å². The summed E-state index contributed by atoms with van der Waals surface area (Å²) in [4.78, 5) is -0.278. The van der Waals surface area contributed by atoms with Gasteiger partial charge in [-0.1, -0.05) is 15.9 Å². The van der Waals surface area contributed by atoms with E-state index >= 15 is 0 Å². The molecular formula is C6H4Br2FNO2S. The maximum atomic E-state index is 13.0. The van der Waals surface area contributed by atoms with Crippen molar-refractivity contribution in [1.82, 2.24) is 0 Å². The van der Waals surface area contributed by atoms with Gasteiger partial charge in [0.05, 0.1) is 4.47 Å². The Morgan fingerprint density at radius 3 is 2.31 bits per heavy atom. The van der Waals surface area contributed by atoms with E-state index in [9.17, 15) is 12.8 Å². The highest BCUT2D eigenvalue weighted by Gasteiger charge is 2.16. The zero-order valence-electron chi connectivity index (χ0n) is 6.09. The van der Waals surface area contributed by atoms with Gasteiger partial charge in [-0.05, 0) is 28.1 Å². The Morgan fingerprint density at radius 2 is 1.85 bits per heavy atom. The number of halogens is 3. The van der Waals surface area contributed by atoms with Crippen LogP contribution in [0.3, 0.4) is 0 Å². The minimum atomic E-state index is -3.90. The van der Waals surface area contributed by atoms with E-state index in [0.717, 1.165) is 6.07 Å². The Hall–Kier alpha value is 0.0200. The molecule has 2 N–H and O–H groups in total. The zero-order chi connectivity index (χ0) is 10.2. The summed E-state index contributed by atoms with van der Waals surface area (Å²) in [5, 5.41) is 4.85. The molecule has 13 heavy (non-hydrogen) atoms. The number of nitrogens with two attached hydrogens (primary N) is 1. The van der Waals surface area contributed by atoms with E-state index in [2.05, 4.69) is 31.9 Å². The van der Waals surface area contributed by atoms with Crippen LogP contribution in [-0.2, 0) is 10.0 Å². The third kappa shape index (κ3) is 2.49. The molecule has 1 aromatic rings. The fourth-order valence-electron chi connectivity index (χ4n) is 0.739. The van der Waals surface area contributed by atoms with Crippen molar-refractivity contribution in [2.45, 2.75) is 4.90 Å². The second-order valence-corrected chi connectivity index (χ2v) is 5.48. The summed E-state index contributed by atoms with van der Waals surface area (Å²) in [5.74, 6) is -0.682. The maximum absolute atomic E-state index is 13.0. The van der Waals surface area contributed by atoms with Crippen LogP contribution in [-0.4, -0.2) is 8.42 Å². The molecule has 0 heterocycles. The van der Waals surface area contributed by atoms with Crippen molar-refractivity contribution in [3.05, 3.63) is 26.9 Å². The van der Waals surface area contributed by atoms with Crippen molar-refractivity contribution >= 4 is 41.9 Å². The Bertz CT molecular complexity index is 446. The molecule has 7 heteroatoms. The Labute approximate surface area is 91.4 Å². The second kappa shape index (κ2) is 3.64. The van der Waals surface area contributed by atoms with Crippen LogP contribution in [0.5, 0.6) is 0 Å². The second-order valence-electron chi connectivity index (χ2n) is 2.24. The van der Waals surface area contributed by atoms with Crippen molar-refractivity contribution in [3.63, 3.8) is 0 Å². The molecule has 0 aliphatic heterocycles. The highest BCUT2D eigenvalue weighted by atomic mass is 79.9. The molecule has 0 radical (unpaired) electrons. The lowest BCUT2D eigenvalue weighted by Crippen LogP contribution is -2.13. The average Bonchev–Trinajstić information content (AvgIpc) is 1.94. The first-order valence-corrected chi connectivity index (χ1v) is 6.13. The number of sulfonamides is 1. The summed E-state index contributed by atoms with van der Waals surface area (Å²) in [6.45, 7) is 0. The van der Waals surface area contributed by atoms with E-state index in [0.29, 0.717) is 4.47 Å². The molecule has 0 saturated carbocycles. The minimum Gasteiger partial charge on any atom is -0.225 e. The summed E-state index contributed by atoms with van der Waals surface area (Å²) in [6.07, 6.45) is 0. The van der Waals surface area contributed by atoms with Crippen LogP contribution in [0.25, 0.3) is 0 Å². The van der Waals surface area contributed by atoms with Crippen LogP contribution >= 0.6 is 31.9 Å². The monoisotopic (exact) mass is 331 g/mol. The van der Waals surface area contributed by atoms with E-state index < -0.39 is 15.8 Å². The first-order chi connectivity index (χ1) is 5.82. The fourth-order valence-corrected chi connectivity index (χ4v) is 2.87. The van der Waals surface area contributed by atoms with Gasteiger partial charge in [-0.25, -0.2) is 17.9 Å². The molecule has 0 spiro atoms. The number of primary sulfonamides is 1. The Kier molecular flexibility index (Phi) is 3.11. The van der Waals surface area contributed by atoms with Gasteiger partial charge in [-0.15, -0.1) is 0 Å². The SMILES string of the molecule is NS(=O)(=O)c1cc(Br)cc(F)c1Br. The lowest BCUT2D eigenvalue weighted by Gasteiger charge is -2.03. The number of hydrogen-bond acceptors (Lipinski definition) is 2. The topological polar surface area (TPSA) is 60.2 Å². The van der Waals surface area contributed by atoms with Crippen LogP contribution in [0.15, 0.2) is 26.0 Å². The highest BCUT2D eigenvalue weighted by Crippen LogP contribution is 2.27. The normalized spacial score (nSPS) is 11.7. The third-order valence-electron chi connectivity index (χ3n) is 1.27. The van der Waals surface area contributed by atoms with Crippen LogP contribution in [0, 0.1) is 5.82 Å². The van der Waals surface area contributed by atoms with Gasteiger partial charge in [0.25, 0.3) is 0 Å². The average molecular weight is 333 g/mol. The predicted octanol–water partition coefficient (Wildman–Crippen LogP) is 2.00. The van der Waals surface area contributed by atoms with E-state index in [4.69, 9.17) is 5.14 Å². The summed E-state index contributed by atoms with van der Waals surface area (Å²) in [5.41, 5.74) is 0. The molecule has 0 aromatic heterocycles. The molecule has 72 valence electrons. The quantitative estimate of drug-likeness (QED) is 0.799. The zero-order valence-corrected chi connectivity index (χ0v) is 10.1. The van der Waals surface area contributed by atoms with E-state index in [1.165, 1.54) is 6.07 Å². The molecule has 0 amide bonds. The predicted molar refractivity (Wildman–Crippen MR) is 53.2 cm³/mol. The molecule has 0 unspecified atom stereocenters. The Balaban J connectivity index is 3.56. The molecule has 3 nitrogen and oxygen atoms in total. The molecule has 0 saturated heterocycles. The molecule has 1 rings (SSSR count). The molecule has 0 aliphatic rings. The van der Waals surface area contributed by atoms with Gasteiger partial charge < -0.3 is 0 Å². The molecule has 0 fully saturated rings. The fraction of sp³-hybridized carbons (Fsp3) is 0. The van der Waals surface area contributed by atoms with Crippen LogP contribution in [0.1, 0.15) is 0 Å². The van der Waals surface area contributed by atoms with Crippen molar-refractivity contribution in [1.29, 1.82) is 0 Å². The van der Waals surface area contributed by atoms with E-state index in [1.807, 2.05) is 0 Å². The van der Waals surface area contributed by atoms with Crippen molar-refractivity contribution in [3.8, 4) is 0 Å². The number of benzene rings is 1. The third-order valence-corrected chi connectivity index (χ3v) is 3.73. The summed E-state index contributed by atoms with van der Waals surface area (Å²) >= 11 is 5.75. The van der Waals surface area contributed by atoms with E-state index in [1.54, 1.807) is 0 Å². The van der Waals surface area contributed by atoms with Gasteiger partial charge in [-0.2, -0.15) is 0 Å². The van der Waals surface area contributed by atoms with Crippen LogP contribution in [0.2, 0.25) is 0 Å². The van der Waals surface area contributed by atoms with Gasteiger partial charge in [0, 0.05) is 4.47 Å². The summed E-state index contributed by atoms with van der Waals surface area (Å²) < 4.78 is 35.0. The molecule has 0 aliphatic carbocycles. The van der Waals surface area contributed by atoms with Crippen molar-refractivity contribution in [2.75, 3.05) is 0 Å². The number of hydrogen-bond donors (Lipinski definition) is 1. The van der Waals surface area contributed by atoms with Crippen LogP contribution < -0.4 is 5.14 Å². The lowest BCUT2D eigenvalue weighted by molar-refractivity contribution is 0.589. The molecule has 0 atom stereocenters. The number of rotatable bonds is 1. The minimum absolute atomic E-state index is 0.154. The largest absolute Gasteiger partial charge is 0.239 e. The molecule has 1 aromatic carbocycles. The smallest absolute Gasteiger partial charge is 0.225 e. The van der Waals surface area contributed by atoms with Crippen molar-refractivity contribution < 1.29 is 12.8 Å².